The van der Waals surface area contributed by atoms with Gasteiger partial charge in [-0.05, 0) is 55.8 Å². The van der Waals surface area contributed by atoms with Crippen molar-refractivity contribution in [3.8, 4) is 0 Å². The maximum atomic E-state index is 12.0. The highest BCUT2D eigenvalue weighted by Crippen LogP contribution is 2.53. The van der Waals surface area contributed by atoms with Gasteiger partial charge in [0.2, 0.25) is 5.91 Å². The van der Waals surface area contributed by atoms with E-state index in [1.807, 2.05) is 0 Å². The minimum atomic E-state index is 0.161. The fraction of sp³-hybridized carbons (Fsp3) is 0.933. The minimum Gasteiger partial charge on any atom is -0.383 e. The molecule has 1 amide bonds. The fourth-order valence-corrected chi connectivity index (χ4v) is 4.77. The van der Waals surface area contributed by atoms with Gasteiger partial charge in [-0.3, -0.25) is 4.79 Å². The van der Waals surface area contributed by atoms with Crippen LogP contribution in [0.5, 0.6) is 0 Å². The molecular weight excluding hydrogens is 240 g/mol. The third-order valence-electron chi connectivity index (χ3n) is 5.32. The van der Waals surface area contributed by atoms with Gasteiger partial charge in [0.05, 0.1) is 13.2 Å². The number of ether oxygens (including phenoxy) is 1. The monoisotopic (exact) mass is 266 g/mol. The summed E-state index contributed by atoms with van der Waals surface area (Å²) >= 11 is 0. The predicted octanol–water partition coefficient (Wildman–Crippen LogP) is 1.16. The summed E-state index contributed by atoms with van der Waals surface area (Å²) in [6, 6.07) is 0.463. The van der Waals surface area contributed by atoms with Crippen molar-refractivity contribution in [2.75, 3.05) is 26.8 Å². The first-order valence-electron chi connectivity index (χ1n) is 7.75. The van der Waals surface area contributed by atoms with Crippen LogP contribution in [0.1, 0.15) is 32.1 Å². The number of nitrogens with one attached hydrogen (secondary N) is 2. The van der Waals surface area contributed by atoms with E-state index >= 15 is 0 Å². The SMILES string of the molecule is COCCNCC(=O)NC1C2CC3CC(C2)CC1C3. The van der Waals surface area contributed by atoms with E-state index < -0.39 is 0 Å². The molecule has 4 nitrogen and oxygen atoms in total. The van der Waals surface area contributed by atoms with Crippen LogP contribution in [0, 0.1) is 23.7 Å². The Morgan fingerprint density at radius 1 is 1.11 bits per heavy atom. The van der Waals surface area contributed by atoms with E-state index in [4.69, 9.17) is 4.74 Å². The number of hydrogen-bond acceptors (Lipinski definition) is 3. The van der Waals surface area contributed by atoms with Crippen LogP contribution in [-0.2, 0) is 9.53 Å². The maximum Gasteiger partial charge on any atom is 0.234 e. The second kappa shape index (κ2) is 5.80. The molecule has 4 heteroatoms. The molecule has 4 aliphatic rings. The Kier molecular flexibility index (Phi) is 4.08. The predicted molar refractivity (Wildman–Crippen MR) is 73.7 cm³/mol. The highest BCUT2D eigenvalue weighted by Gasteiger charge is 2.48. The zero-order valence-electron chi connectivity index (χ0n) is 11.9. The van der Waals surface area contributed by atoms with Crippen molar-refractivity contribution in [1.29, 1.82) is 0 Å². The molecule has 4 fully saturated rings. The normalized spacial score (nSPS) is 39.5. The molecule has 2 N–H and O–H groups in total. The van der Waals surface area contributed by atoms with Crippen molar-refractivity contribution in [2.45, 2.75) is 38.1 Å². The number of hydrogen-bond donors (Lipinski definition) is 2. The Balaban J connectivity index is 1.46. The molecular formula is C15H26N2O2. The zero-order chi connectivity index (χ0) is 13.2. The summed E-state index contributed by atoms with van der Waals surface area (Å²) in [4.78, 5) is 12.0. The van der Waals surface area contributed by atoms with Crippen molar-refractivity contribution in [3.63, 3.8) is 0 Å². The van der Waals surface area contributed by atoms with Crippen molar-refractivity contribution >= 4 is 5.91 Å². The van der Waals surface area contributed by atoms with Gasteiger partial charge in [0.1, 0.15) is 0 Å². The van der Waals surface area contributed by atoms with E-state index in [9.17, 15) is 4.79 Å². The quantitative estimate of drug-likeness (QED) is 0.709. The Bertz CT molecular complexity index is 304. The first kappa shape index (κ1) is 13.4. The lowest BCUT2D eigenvalue weighted by Crippen LogP contribution is -2.56. The van der Waals surface area contributed by atoms with Gasteiger partial charge in [0, 0.05) is 19.7 Å². The summed E-state index contributed by atoms with van der Waals surface area (Å²) in [5.74, 6) is 3.62. The maximum absolute atomic E-state index is 12.0. The zero-order valence-corrected chi connectivity index (χ0v) is 11.9. The molecule has 0 aromatic rings. The average Bonchev–Trinajstić information content (AvgIpc) is 2.38. The number of carbonyl (C=O) groups is 1. The lowest BCUT2D eigenvalue weighted by atomic mass is 9.54. The smallest absolute Gasteiger partial charge is 0.234 e. The van der Waals surface area contributed by atoms with Crippen LogP contribution in [0.4, 0.5) is 0 Å². The molecule has 0 aromatic carbocycles. The molecule has 0 aliphatic heterocycles. The number of carbonyl (C=O) groups excluding carboxylic acids is 1. The van der Waals surface area contributed by atoms with Gasteiger partial charge in [-0.25, -0.2) is 0 Å². The van der Waals surface area contributed by atoms with Crippen molar-refractivity contribution in [1.82, 2.24) is 10.6 Å². The number of amides is 1. The van der Waals surface area contributed by atoms with Crippen LogP contribution < -0.4 is 10.6 Å². The van der Waals surface area contributed by atoms with E-state index in [1.54, 1.807) is 7.11 Å². The molecule has 19 heavy (non-hydrogen) atoms. The summed E-state index contributed by atoms with van der Waals surface area (Å²) < 4.78 is 4.96. The van der Waals surface area contributed by atoms with E-state index in [0.717, 1.165) is 30.2 Å². The third-order valence-corrected chi connectivity index (χ3v) is 5.32. The Morgan fingerprint density at radius 2 is 1.74 bits per heavy atom. The Hall–Kier alpha value is -0.610. The first-order chi connectivity index (χ1) is 9.26. The van der Waals surface area contributed by atoms with Crippen molar-refractivity contribution in [2.24, 2.45) is 23.7 Å². The van der Waals surface area contributed by atoms with Gasteiger partial charge in [-0.1, -0.05) is 0 Å². The summed E-state index contributed by atoms with van der Waals surface area (Å²) in [5.41, 5.74) is 0. The van der Waals surface area contributed by atoms with Gasteiger partial charge in [-0.15, -0.1) is 0 Å². The summed E-state index contributed by atoms with van der Waals surface area (Å²) in [6.45, 7) is 1.82. The summed E-state index contributed by atoms with van der Waals surface area (Å²) in [7, 11) is 1.68. The van der Waals surface area contributed by atoms with Crippen LogP contribution in [0.3, 0.4) is 0 Å². The van der Waals surface area contributed by atoms with Gasteiger partial charge in [0.25, 0.3) is 0 Å². The van der Waals surface area contributed by atoms with Crippen molar-refractivity contribution in [3.05, 3.63) is 0 Å². The van der Waals surface area contributed by atoms with Crippen LogP contribution in [0.2, 0.25) is 0 Å². The van der Waals surface area contributed by atoms with Crippen LogP contribution in [-0.4, -0.2) is 38.8 Å². The van der Waals surface area contributed by atoms with E-state index in [1.165, 1.54) is 32.1 Å². The van der Waals surface area contributed by atoms with Crippen molar-refractivity contribution < 1.29 is 9.53 Å². The molecule has 0 aromatic heterocycles. The largest absolute Gasteiger partial charge is 0.383 e. The Labute approximate surface area is 115 Å². The topological polar surface area (TPSA) is 50.4 Å². The molecule has 0 spiro atoms. The van der Waals surface area contributed by atoms with Crippen LogP contribution in [0.25, 0.3) is 0 Å². The molecule has 0 saturated heterocycles. The summed E-state index contributed by atoms with van der Waals surface area (Å²) in [5, 5.41) is 6.42. The second-order valence-electron chi connectivity index (χ2n) is 6.69. The highest BCUT2D eigenvalue weighted by atomic mass is 16.5. The molecule has 4 bridgehead atoms. The highest BCUT2D eigenvalue weighted by molar-refractivity contribution is 5.78. The number of rotatable bonds is 6. The minimum absolute atomic E-state index is 0.161. The second-order valence-corrected chi connectivity index (χ2v) is 6.69. The molecule has 4 aliphatic carbocycles. The lowest BCUT2D eigenvalue weighted by Gasteiger charge is -2.54. The van der Waals surface area contributed by atoms with Gasteiger partial charge in [-0.2, -0.15) is 0 Å². The molecule has 4 saturated carbocycles. The van der Waals surface area contributed by atoms with Crippen LogP contribution >= 0.6 is 0 Å². The standard InChI is InChI=1S/C15H26N2O2/c1-19-3-2-16-9-14(18)17-15-12-5-10-4-11(7-12)8-13(15)6-10/h10-13,15-16H,2-9H2,1H3,(H,17,18). The van der Waals surface area contributed by atoms with Gasteiger partial charge >= 0.3 is 0 Å². The Morgan fingerprint density at radius 3 is 2.32 bits per heavy atom. The third kappa shape index (κ3) is 2.95. The van der Waals surface area contributed by atoms with E-state index in [2.05, 4.69) is 10.6 Å². The fourth-order valence-electron chi connectivity index (χ4n) is 4.77. The van der Waals surface area contributed by atoms with Gasteiger partial charge < -0.3 is 15.4 Å². The molecule has 0 heterocycles. The molecule has 4 rings (SSSR count). The number of methoxy groups -OCH3 is 1. The average molecular weight is 266 g/mol. The molecule has 108 valence electrons. The van der Waals surface area contributed by atoms with E-state index in [0.29, 0.717) is 19.2 Å². The summed E-state index contributed by atoms with van der Waals surface area (Å²) in [6.07, 6.45) is 6.89. The first-order valence-corrected chi connectivity index (χ1v) is 7.75. The van der Waals surface area contributed by atoms with Crippen LogP contribution in [0.15, 0.2) is 0 Å². The molecule has 0 unspecified atom stereocenters. The van der Waals surface area contributed by atoms with Gasteiger partial charge in [0.15, 0.2) is 0 Å². The van der Waals surface area contributed by atoms with E-state index in [-0.39, 0.29) is 5.91 Å². The molecule has 0 atom stereocenters. The molecule has 0 radical (unpaired) electrons. The lowest BCUT2D eigenvalue weighted by molar-refractivity contribution is -0.124.